The highest BCUT2D eigenvalue weighted by Crippen LogP contribution is 2.32. The van der Waals surface area contributed by atoms with E-state index in [2.05, 4.69) is 22.1 Å². The average Bonchev–Trinajstić information content (AvgIpc) is 3.16. The van der Waals surface area contributed by atoms with Gasteiger partial charge in [-0.2, -0.15) is 0 Å². The summed E-state index contributed by atoms with van der Waals surface area (Å²) in [7, 11) is 0. The van der Waals surface area contributed by atoms with E-state index in [9.17, 15) is 9.90 Å². The number of aromatic amines is 1. The van der Waals surface area contributed by atoms with Crippen LogP contribution in [0.1, 0.15) is 49.9 Å². The summed E-state index contributed by atoms with van der Waals surface area (Å²) in [6.07, 6.45) is 0. The zero-order valence-electron chi connectivity index (χ0n) is 20.9. The van der Waals surface area contributed by atoms with Crippen LogP contribution in [0.2, 0.25) is 0 Å². The Morgan fingerprint density at radius 3 is 2.39 bits per heavy atom. The maximum Gasteiger partial charge on any atom is 0.296 e. The van der Waals surface area contributed by atoms with Crippen molar-refractivity contribution in [3.63, 3.8) is 0 Å². The monoisotopic (exact) mass is 478 g/mol. The Kier molecular flexibility index (Phi) is 6.96. The number of carbonyl (C=O) groups excluding carboxylic acids is 1. The SMILES string of the molecule is CC(C)NC(=O)C#Cc1ccc2c(C(=Nc3ccc(C(C)(C)N)cc3)c3ccccc3)c(O)[nH]c2c1. The lowest BCUT2D eigenvalue weighted by molar-refractivity contribution is -0.116. The third kappa shape index (κ3) is 5.65. The molecular formula is C30H30N4O2. The standard InChI is InChI=1S/C30H30N4O2/c1-19(2)32-26(35)17-11-20-10-16-24-25(18-20)34-29(36)27(24)28(21-8-6-5-7-9-21)33-23-14-12-22(13-15-23)30(3,4)31/h5-10,12-16,18-19,34,36H,31H2,1-4H3,(H,32,35). The molecule has 0 radical (unpaired) electrons. The Morgan fingerprint density at radius 1 is 1.06 bits per heavy atom. The van der Waals surface area contributed by atoms with Crippen molar-refractivity contribution in [2.75, 3.05) is 0 Å². The van der Waals surface area contributed by atoms with Crippen LogP contribution in [0.5, 0.6) is 5.88 Å². The summed E-state index contributed by atoms with van der Waals surface area (Å²) in [6, 6.07) is 23.1. The predicted octanol–water partition coefficient (Wildman–Crippen LogP) is 5.11. The predicted molar refractivity (Wildman–Crippen MR) is 146 cm³/mol. The summed E-state index contributed by atoms with van der Waals surface area (Å²) < 4.78 is 0. The fourth-order valence-corrected chi connectivity index (χ4v) is 3.88. The van der Waals surface area contributed by atoms with Gasteiger partial charge in [-0.1, -0.05) is 54.5 Å². The van der Waals surface area contributed by atoms with Crippen LogP contribution in [-0.4, -0.2) is 27.8 Å². The Morgan fingerprint density at radius 2 is 1.75 bits per heavy atom. The maximum absolute atomic E-state index is 11.9. The van der Waals surface area contributed by atoms with Gasteiger partial charge in [0.2, 0.25) is 0 Å². The first-order valence-corrected chi connectivity index (χ1v) is 11.8. The molecular weight excluding hydrogens is 448 g/mol. The molecule has 0 spiro atoms. The molecule has 0 atom stereocenters. The molecule has 4 aromatic rings. The molecule has 1 heterocycles. The Labute approximate surface area is 211 Å². The number of rotatable bonds is 5. The van der Waals surface area contributed by atoms with Gasteiger partial charge in [-0.3, -0.25) is 4.79 Å². The highest BCUT2D eigenvalue weighted by molar-refractivity contribution is 6.22. The van der Waals surface area contributed by atoms with E-state index in [-0.39, 0.29) is 17.8 Å². The van der Waals surface area contributed by atoms with Crippen LogP contribution in [0, 0.1) is 11.8 Å². The van der Waals surface area contributed by atoms with Gasteiger partial charge in [0.15, 0.2) is 5.88 Å². The van der Waals surface area contributed by atoms with Crippen molar-refractivity contribution in [2.45, 2.75) is 39.3 Å². The second kappa shape index (κ2) is 10.1. The van der Waals surface area contributed by atoms with Crippen molar-refractivity contribution in [1.82, 2.24) is 10.3 Å². The second-order valence-corrected chi connectivity index (χ2v) is 9.58. The molecule has 6 nitrogen and oxygen atoms in total. The largest absolute Gasteiger partial charge is 0.494 e. The number of hydrogen-bond donors (Lipinski definition) is 4. The summed E-state index contributed by atoms with van der Waals surface area (Å²) >= 11 is 0. The molecule has 0 aliphatic heterocycles. The van der Waals surface area contributed by atoms with E-state index in [1.165, 1.54) is 0 Å². The zero-order chi connectivity index (χ0) is 25.9. The van der Waals surface area contributed by atoms with E-state index in [0.717, 1.165) is 22.2 Å². The van der Waals surface area contributed by atoms with Gasteiger partial charge in [0.05, 0.1) is 22.5 Å². The van der Waals surface area contributed by atoms with Gasteiger partial charge in [0.1, 0.15) is 0 Å². The molecule has 1 aromatic heterocycles. The molecule has 1 amide bonds. The minimum atomic E-state index is -0.449. The molecule has 0 fully saturated rings. The van der Waals surface area contributed by atoms with Crippen molar-refractivity contribution in [3.05, 3.63) is 95.1 Å². The molecule has 0 unspecified atom stereocenters. The fourth-order valence-electron chi connectivity index (χ4n) is 3.88. The Balaban J connectivity index is 1.79. The molecule has 182 valence electrons. The van der Waals surface area contributed by atoms with Crippen LogP contribution >= 0.6 is 0 Å². The van der Waals surface area contributed by atoms with Crippen molar-refractivity contribution < 1.29 is 9.90 Å². The minimum absolute atomic E-state index is 0.00924. The van der Waals surface area contributed by atoms with E-state index >= 15 is 0 Å². The van der Waals surface area contributed by atoms with E-state index < -0.39 is 5.54 Å². The number of nitrogens with zero attached hydrogens (tertiary/aromatic N) is 1. The molecule has 3 aromatic carbocycles. The quantitative estimate of drug-likeness (QED) is 0.237. The molecule has 0 aliphatic carbocycles. The number of nitrogens with two attached hydrogens (primary N) is 1. The third-order valence-electron chi connectivity index (χ3n) is 5.66. The van der Waals surface area contributed by atoms with Gasteiger partial charge in [0, 0.05) is 34.0 Å². The normalized spacial score (nSPS) is 11.9. The first-order valence-electron chi connectivity index (χ1n) is 11.8. The van der Waals surface area contributed by atoms with Crippen LogP contribution < -0.4 is 11.1 Å². The minimum Gasteiger partial charge on any atom is -0.494 e. The number of benzene rings is 3. The summed E-state index contributed by atoms with van der Waals surface area (Å²) in [4.78, 5) is 19.9. The van der Waals surface area contributed by atoms with Crippen LogP contribution in [0.25, 0.3) is 10.9 Å². The highest BCUT2D eigenvalue weighted by Gasteiger charge is 2.19. The number of hydrogen-bond acceptors (Lipinski definition) is 4. The first-order chi connectivity index (χ1) is 17.1. The molecule has 0 saturated carbocycles. The summed E-state index contributed by atoms with van der Waals surface area (Å²) in [5.41, 5.74) is 11.0. The van der Waals surface area contributed by atoms with E-state index in [1.54, 1.807) is 0 Å². The van der Waals surface area contributed by atoms with E-state index in [4.69, 9.17) is 10.7 Å². The smallest absolute Gasteiger partial charge is 0.296 e. The van der Waals surface area contributed by atoms with Gasteiger partial charge in [0.25, 0.3) is 5.91 Å². The molecule has 36 heavy (non-hydrogen) atoms. The number of aromatic hydroxyl groups is 1. The van der Waals surface area contributed by atoms with Gasteiger partial charge in [-0.05, 0) is 57.5 Å². The van der Waals surface area contributed by atoms with Gasteiger partial charge in [-0.15, -0.1) is 0 Å². The van der Waals surface area contributed by atoms with Crippen molar-refractivity contribution in [2.24, 2.45) is 10.7 Å². The number of fused-ring (bicyclic) bond motifs is 1. The van der Waals surface area contributed by atoms with Gasteiger partial charge >= 0.3 is 0 Å². The molecule has 0 bridgehead atoms. The van der Waals surface area contributed by atoms with Crippen molar-refractivity contribution >= 4 is 28.2 Å². The molecule has 5 N–H and O–H groups in total. The number of aliphatic imine (C=N–C) groups is 1. The van der Waals surface area contributed by atoms with Gasteiger partial charge < -0.3 is 21.1 Å². The first kappa shape index (κ1) is 24.8. The summed E-state index contributed by atoms with van der Waals surface area (Å²) in [5.74, 6) is 5.17. The van der Waals surface area contributed by atoms with Gasteiger partial charge in [-0.25, -0.2) is 4.99 Å². The fraction of sp³-hybridized carbons (Fsp3) is 0.200. The van der Waals surface area contributed by atoms with Crippen molar-refractivity contribution in [1.29, 1.82) is 0 Å². The third-order valence-corrected chi connectivity index (χ3v) is 5.66. The number of aromatic nitrogens is 1. The maximum atomic E-state index is 11.9. The number of amides is 1. The van der Waals surface area contributed by atoms with Crippen LogP contribution in [0.3, 0.4) is 0 Å². The van der Waals surface area contributed by atoms with Crippen LogP contribution in [0.4, 0.5) is 5.69 Å². The van der Waals surface area contributed by atoms with Crippen LogP contribution in [0.15, 0.2) is 77.8 Å². The topological polar surface area (TPSA) is 104 Å². The van der Waals surface area contributed by atoms with E-state index in [0.29, 0.717) is 22.4 Å². The Bertz CT molecular complexity index is 1480. The summed E-state index contributed by atoms with van der Waals surface area (Å²) in [6.45, 7) is 7.68. The average molecular weight is 479 g/mol. The van der Waals surface area contributed by atoms with Crippen LogP contribution in [-0.2, 0) is 10.3 Å². The lowest BCUT2D eigenvalue weighted by Crippen LogP contribution is -2.28. The molecule has 0 aliphatic rings. The molecule has 4 rings (SSSR count). The Hall–Kier alpha value is -4.34. The number of carbonyl (C=O) groups is 1. The lowest BCUT2D eigenvalue weighted by Gasteiger charge is -2.19. The number of H-pyrrole nitrogens is 1. The van der Waals surface area contributed by atoms with Crippen molar-refractivity contribution in [3.8, 4) is 17.7 Å². The molecule has 0 saturated heterocycles. The zero-order valence-corrected chi connectivity index (χ0v) is 20.9. The lowest BCUT2D eigenvalue weighted by atomic mass is 9.95. The second-order valence-electron chi connectivity index (χ2n) is 9.58. The van der Waals surface area contributed by atoms with E-state index in [1.807, 2.05) is 100 Å². The summed E-state index contributed by atoms with van der Waals surface area (Å²) in [5, 5.41) is 14.5. The number of nitrogens with one attached hydrogen (secondary N) is 2. The highest BCUT2D eigenvalue weighted by atomic mass is 16.3. The molecule has 6 heteroatoms.